The Bertz CT molecular complexity index is 293. The topological polar surface area (TPSA) is 55.4 Å². The third-order valence-electron chi connectivity index (χ3n) is 2.79. The molecule has 1 unspecified atom stereocenters. The van der Waals surface area contributed by atoms with Gasteiger partial charge in [0.05, 0.1) is 0 Å². The van der Waals surface area contributed by atoms with Gasteiger partial charge in [0.15, 0.2) is 0 Å². The van der Waals surface area contributed by atoms with Crippen LogP contribution >= 0.6 is 0 Å². The van der Waals surface area contributed by atoms with Gasteiger partial charge in [-0.25, -0.2) is 4.79 Å². The molecule has 0 saturated heterocycles. The van der Waals surface area contributed by atoms with Crippen LogP contribution in [0.3, 0.4) is 0 Å². The molecule has 98 valence electrons. The number of hydrogen-bond acceptors (Lipinski definition) is 3. The number of carbonyl (C=O) groups is 2. The Morgan fingerprint density at radius 2 is 1.82 bits per heavy atom. The number of rotatable bonds is 3. The molecule has 1 aliphatic rings. The number of amides is 1. The van der Waals surface area contributed by atoms with E-state index in [1.54, 1.807) is 20.8 Å². The molecular formula is C12H20FNO3. The first-order valence-corrected chi connectivity index (χ1v) is 5.98. The highest BCUT2D eigenvalue weighted by molar-refractivity contribution is 5.81. The average Bonchev–Trinajstić information content (AvgIpc) is 2.63. The quantitative estimate of drug-likeness (QED) is 0.777. The Kier molecular flexibility index (Phi) is 4.48. The van der Waals surface area contributed by atoms with Gasteiger partial charge in [0.25, 0.3) is 0 Å². The van der Waals surface area contributed by atoms with E-state index in [1.807, 2.05) is 0 Å². The van der Waals surface area contributed by atoms with Crippen molar-refractivity contribution in [1.29, 1.82) is 0 Å². The number of nitrogens with one attached hydrogen (secondary N) is 1. The third kappa shape index (κ3) is 4.71. The molecule has 0 radical (unpaired) electrons. The zero-order valence-electron chi connectivity index (χ0n) is 10.6. The van der Waals surface area contributed by atoms with E-state index in [9.17, 15) is 14.0 Å². The number of ether oxygens (including phenoxy) is 1. The summed E-state index contributed by atoms with van der Waals surface area (Å²) >= 11 is 0. The number of hydrogen-bond donors (Lipinski definition) is 1. The third-order valence-corrected chi connectivity index (χ3v) is 2.79. The molecular weight excluding hydrogens is 225 g/mol. The Labute approximate surface area is 101 Å². The van der Waals surface area contributed by atoms with Crippen molar-refractivity contribution in [3.8, 4) is 0 Å². The Balaban J connectivity index is 2.55. The predicted molar refractivity (Wildman–Crippen MR) is 61.2 cm³/mol. The van der Waals surface area contributed by atoms with Crippen LogP contribution < -0.4 is 5.32 Å². The molecule has 4 nitrogen and oxygen atoms in total. The first-order valence-electron chi connectivity index (χ1n) is 5.98. The van der Waals surface area contributed by atoms with Crippen LogP contribution in [0.5, 0.6) is 0 Å². The van der Waals surface area contributed by atoms with Crippen molar-refractivity contribution in [2.45, 2.75) is 58.1 Å². The van der Waals surface area contributed by atoms with E-state index >= 15 is 0 Å². The average molecular weight is 245 g/mol. The second-order valence-electron chi connectivity index (χ2n) is 5.47. The van der Waals surface area contributed by atoms with Gasteiger partial charge in [-0.05, 0) is 39.5 Å². The maximum atomic E-state index is 12.9. The van der Waals surface area contributed by atoms with Crippen LogP contribution in [0.15, 0.2) is 0 Å². The highest BCUT2D eigenvalue weighted by Crippen LogP contribution is 2.28. The van der Waals surface area contributed by atoms with Crippen molar-refractivity contribution in [2.75, 3.05) is 0 Å². The summed E-state index contributed by atoms with van der Waals surface area (Å²) in [6, 6.07) is -2.53. The van der Waals surface area contributed by atoms with E-state index in [2.05, 4.69) is 5.32 Å². The minimum Gasteiger partial charge on any atom is -0.444 e. The smallest absolute Gasteiger partial charge is 0.408 e. The molecule has 0 aromatic rings. The second kappa shape index (κ2) is 5.47. The van der Waals surface area contributed by atoms with E-state index in [0.29, 0.717) is 0 Å². The van der Waals surface area contributed by atoms with Crippen LogP contribution in [-0.4, -0.2) is 23.8 Å². The molecule has 17 heavy (non-hydrogen) atoms. The summed E-state index contributed by atoms with van der Waals surface area (Å²) < 4.78 is 17.9. The molecule has 1 atom stereocenters. The van der Waals surface area contributed by atoms with Crippen molar-refractivity contribution >= 4 is 12.1 Å². The first kappa shape index (κ1) is 13.9. The van der Waals surface area contributed by atoms with Gasteiger partial charge in [-0.3, -0.25) is 4.79 Å². The molecule has 1 amide bonds. The van der Waals surface area contributed by atoms with Gasteiger partial charge in [0.2, 0.25) is 0 Å². The highest BCUT2D eigenvalue weighted by Gasteiger charge is 2.33. The fourth-order valence-electron chi connectivity index (χ4n) is 2.09. The van der Waals surface area contributed by atoms with E-state index in [1.165, 1.54) is 0 Å². The van der Waals surface area contributed by atoms with Gasteiger partial charge in [0.1, 0.15) is 11.6 Å². The van der Waals surface area contributed by atoms with E-state index in [0.717, 1.165) is 25.7 Å². The Hall–Kier alpha value is -1.13. The van der Waals surface area contributed by atoms with Gasteiger partial charge in [-0.1, -0.05) is 12.8 Å². The van der Waals surface area contributed by atoms with Crippen LogP contribution in [0.2, 0.25) is 0 Å². The van der Waals surface area contributed by atoms with Crippen molar-refractivity contribution in [3.05, 3.63) is 0 Å². The Morgan fingerprint density at radius 3 is 2.24 bits per heavy atom. The van der Waals surface area contributed by atoms with E-state index < -0.39 is 23.8 Å². The summed E-state index contributed by atoms with van der Waals surface area (Å²) in [5, 5.41) is 2.33. The predicted octanol–water partition coefficient (Wildman–Crippen LogP) is 2.57. The molecule has 1 aliphatic carbocycles. The summed E-state index contributed by atoms with van der Waals surface area (Å²) in [6.07, 6.45) is 2.77. The zero-order valence-corrected chi connectivity index (χ0v) is 10.6. The summed E-state index contributed by atoms with van der Waals surface area (Å²) in [7, 11) is 0. The summed E-state index contributed by atoms with van der Waals surface area (Å²) in [5.41, 5.74) is -0.649. The fraction of sp³-hybridized carbons (Fsp3) is 0.833. The van der Waals surface area contributed by atoms with Gasteiger partial charge < -0.3 is 10.1 Å². The standard InChI is InChI=1S/C12H20FNO3/c1-12(2,3)17-11(16)14-9(10(13)15)8-6-4-5-7-8/h8-9H,4-7H2,1-3H3,(H,14,16). The van der Waals surface area contributed by atoms with E-state index in [4.69, 9.17) is 4.74 Å². The Morgan fingerprint density at radius 1 is 1.29 bits per heavy atom. The molecule has 1 saturated carbocycles. The van der Waals surface area contributed by atoms with Crippen molar-refractivity contribution in [2.24, 2.45) is 5.92 Å². The molecule has 1 fully saturated rings. The largest absolute Gasteiger partial charge is 0.444 e. The molecule has 1 rings (SSSR count). The van der Waals surface area contributed by atoms with E-state index in [-0.39, 0.29) is 5.92 Å². The summed E-state index contributed by atoms with van der Waals surface area (Å²) in [6.45, 7) is 5.15. The maximum Gasteiger partial charge on any atom is 0.408 e. The van der Waals surface area contributed by atoms with Crippen LogP contribution in [-0.2, 0) is 9.53 Å². The normalized spacial score (nSPS) is 18.8. The van der Waals surface area contributed by atoms with Gasteiger partial charge in [0, 0.05) is 0 Å². The summed E-state index contributed by atoms with van der Waals surface area (Å²) in [5.74, 6) is -0.0972. The van der Waals surface area contributed by atoms with Crippen LogP contribution in [0.1, 0.15) is 46.5 Å². The lowest BCUT2D eigenvalue weighted by molar-refractivity contribution is -0.132. The lowest BCUT2D eigenvalue weighted by atomic mass is 9.99. The maximum absolute atomic E-state index is 12.9. The molecule has 5 heteroatoms. The molecule has 0 aliphatic heterocycles. The first-order chi connectivity index (χ1) is 7.79. The zero-order chi connectivity index (χ0) is 13.1. The monoisotopic (exact) mass is 245 g/mol. The number of alkyl carbamates (subject to hydrolysis) is 1. The molecule has 0 spiro atoms. The summed E-state index contributed by atoms with van der Waals surface area (Å²) in [4.78, 5) is 22.4. The van der Waals surface area contributed by atoms with Crippen molar-refractivity contribution in [1.82, 2.24) is 5.32 Å². The van der Waals surface area contributed by atoms with Gasteiger partial charge in [-0.15, -0.1) is 0 Å². The van der Waals surface area contributed by atoms with Crippen LogP contribution in [0.4, 0.5) is 9.18 Å². The molecule has 0 bridgehead atoms. The highest BCUT2D eigenvalue weighted by atomic mass is 19.1. The molecule has 1 N–H and O–H groups in total. The van der Waals surface area contributed by atoms with Crippen molar-refractivity contribution in [3.63, 3.8) is 0 Å². The molecule has 0 aromatic heterocycles. The van der Waals surface area contributed by atoms with Crippen LogP contribution in [0, 0.1) is 5.92 Å². The molecule has 0 heterocycles. The minimum absolute atomic E-state index is 0.0972. The van der Waals surface area contributed by atoms with Gasteiger partial charge in [-0.2, -0.15) is 4.39 Å². The lowest BCUT2D eigenvalue weighted by Crippen LogP contribution is -2.46. The number of halogens is 1. The lowest BCUT2D eigenvalue weighted by Gasteiger charge is -2.24. The van der Waals surface area contributed by atoms with Crippen LogP contribution in [0.25, 0.3) is 0 Å². The molecule has 0 aromatic carbocycles. The minimum atomic E-state index is -1.48. The van der Waals surface area contributed by atoms with Gasteiger partial charge >= 0.3 is 12.1 Å². The second-order valence-corrected chi connectivity index (χ2v) is 5.47. The van der Waals surface area contributed by atoms with Crippen molar-refractivity contribution < 1.29 is 18.7 Å². The fourth-order valence-corrected chi connectivity index (χ4v) is 2.09. The SMILES string of the molecule is CC(C)(C)OC(=O)NC(C(=O)F)C1CCCC1. The number of carbonyl (C=O) groups excluding carboxylic acids is 2.